The van der Waals surface area contributed by atoms with Crippen LogP contribution in [0.2, 0.25) is 0 Å². The number of benzene rings is 2. The Bertz CT molecular complexity index is 926. The second-order valence-corrected chi connectivity index (χ2v) is 8.11. The van der Waals surface area contributed by atoms with Gasteiger partial charge in [-0.1, -0.05) is 35.9 Å². The molecule has 0 bridgehead atoms. The number of hydrogen-bond acceptors (Lipinski definition) is 3. The Hall–Kier alpha value is -2.73. The second-order valence-electron chi connectivity index (χ2n) is 8.11. The van der Waals surface area contributed by atoms with Crippen molar-refractivity contribution in [2.24, 2.45) is 5.92 Å². The maximum Gasteiger partial charge on any atom is 0.254 e. The predicted molar refractivity (Wildman–Crippen MR) is 111 cm³/mol. The number of carbonyl (C=O) groups is 2. The smallest absolute Gasteiger partial charge is 0.254 e. The Morgan fingerprint density at radius 1 is 1.03 bits per heavy atom. The fraction of sp³-hybridized carbons (Fsp3) is 0.417. The third-order valence-electron chi connectivity index (χ3n) is 6.01. The van der Waals surface area contributed by atoms with Gasteiger partial charge in [0.15, 0.2) is 0 Å². The minimum absolute atomic E-state index is 0.0815. The highest BCUT2D eigenvalue weighted by molar-refractivity contribution is 5.95. The molecule has 2 heterocycles. The lowest BCUT2D eigenvalue weighted by Crippen LogP contribution is -2.50. The van der Waals surface area contributed by atoms with Gasteiger partial charge in [-0.2, -0.15) is 0 Å². The summed E-state index contributed by atoms with van der Waals surface area (Å²) >= 11 is 0. The first-order valence-corrected chi connectivity index (χ1v) is 10.5. The molecule has 30 heavy (non-hydrogen) atoms. The van der Waals surface area contributed by atoms with Gasteiger partial charge in [-0.05, 0) is 43.5 Å². The highest BCUT2D eigenvalue weighted by atomic mass is 19.1. The van der Waals surface area contributed by atoms with Crippen LogP contribution in [0.5, 0.6) is 0 Å². The average Bonchev–Trinajstić information content (AvgIpc) is 2.78. The number of ether oxygens (including phenoxy) is 1. The van der Waals surface area contributed by atoms with Gasteiger partial charge in [0.1, 0.15) is 5.82 Å². The van der Waals surface area contributed by atoms with Crippen molar-refractivity contribution in [2.75, 3.05) is 32.8 Å². The molecule has 2 aromatic carbocycles. The zero-order valence-corrected chi connectivity index (χ0v) is 17.2. The van der Waals surface area contributed by atoms with Crippen LogP contribution in [-0.4, -0.2) is 54.5 Å². The van der Waals surface area contributed by atoms with E-state index >= 15 is 0 Å². The molecule has 0 aliphatic carbocycles. The van der Waals surface area contributed by atoms with Gasteiger partial charge in [0.25, 0.3) is 5.91 Å². The van der Waals surface area contributed by atoms with Gasteiger partial charge >= 0.3 is 0 Å². The lowest BCUT2D eigenvalue weighted by molar-refractivity contribution is -0.141. The first-order valence-electron chi connectivity index (χ1n) is 10.5. The molecule has 0 spiro atoms. The molecule has 4 rings (SSSR count). The van der Waals surface area contributed by atoms with E-state index in [4.69, 9.17) is 4.74 Å². The van der Waals surface area contributed by atoms with Crippen LogP contribution in [-0.2, 0) is 9.53 Å². The van der Waals surface area contributed by atoms with E-state index < -0.39 is 5.82 Å². The molecule has 2 amide bonds. The van der Waals surface area contributed by atoms with Gasteiger partial charge in [-0.15, -0.1) is 0 Å². The van der Waals surface area contributed by atoms with Crippen LogP contribution < -0.4 is 0 Å². The SMILES string of the molecule is Cc1cccc(C2CCC(C(=O)N3CCOCC3)CN2C(=O)c2cccc(F)c2)c1. The Kier molecular flexibility index (Phi) is 6.13. The maximum atomic E-state index is 13.8. The molecule has 0 N–H and O–H groups in total. The standard InChI is InChI=1S/C24H27FN2O3/c1-17-4-2-5-18(14-17)22-9-8-20(23(28)26-10-12-30-13-11-26)16-27(22)24(29)19-6-3-7-21(25)15-19/h2-7,14-15,20,22H,8-13,16H2,1H3. The first-order chi connectivity index (χ1) is 14.5. The van der Waals surface area contributed by atoms with Crippen LogP contribution in [0.1, 0.15) is 40.4 Å². The van der Waals surface area contributed by atoms with Crippen molar-refractivity contribution in [3.8, 4) is 0 Å². The molecule has 2 aliphatic rings. The van der Waals surface area contributed by atoms with Gasteiger partial charge in [-0.3, -0.25) is 9.59 Å². The highest BCUT2D eigenvalue weighted by Crippen LogP contribution is 2.35. The molecule has 5 nitrogen and oxygen atoms in total. The number of aryl methyl sites for hydroxylation is 1. The number of piperidine rings is 1. The molecule has 0 saturated carbocycles. The summed E-state index contributed by atoms with van der Waals surface area (Å²) in [6.07, 6.45) is 1.42. The highest BCUT2D eigenvalue weighted by Gasteiger charge is 2.37. The average molecular weight is 410 g/mol. The van der Waals surface area contributed by atoms with E-state index in [1.807, 2.05) is 30.0 Å². The zero-order valence-electron chi connectivity index (χ0n) is 17.2. The second kappa shape index (κ2) is 8.96. The van der Waals surface area contributed by atoms with Crippen molar-refractivity contribution in [1.82, 2.24) is 9.80 Å². The van der Waals surface area contributed by atoms with E-state index in [1.165, 1.54) is 12.1 Å². The lowest BCUT2D eigenvalue weighted by Gasteiger charge is -2.41. The predicted octanol–water partition coefficient (Wildman–Crippen LogP) is 3.59. The minimum Gasteiger partial charge on any atom is -0.378 e. The number of carbonyl (C=O) groups excluding carboxylic acids is 2. The molecule has 2 unspecified atom stereocenters. The quantitative estimate of drug-likeness (QED) is 0.777. The van der Waals surface area contributed by atoms with Crippen LogP contribution in [0.4, 0.5) is 4.39 Å². The fourth-order valence-corrected chi connectivity index (χ4v) is 4.45. The summed E-state index contributed by atoms with van der Waals surface area (Å²) in [6, 6.07) is 13.8. The van der Waals surface area contributed by atoms with E-state index in [2.05, 4.69) is 6.07 Å². The maximum absolute atomic E-state index is 13.8. The summed E-state index contributed by atoms with van der Waals surface area (Å²) in [5.74, 6) is -0.842. The van der Waals surface area contributed by atoms with E-state index in [1.54, 1.807) is 17.0 Å². The number of nitrogens with zero attached hydrogens (tertiary/aromatic N) is 2. The van der Waals surface area contributed by atoms with Crippen molar-refractivity contribution in [3.05, 3.63) is 71.0 Å². The van der Waals surface area contributed by atoms with Gasteiger partial charge in [-0.25, -0.2) is 4.39 Å². The topological polar surface area (TPSA) is 49.9 Å². The zero-order chi connectivity index (χ0) is 21.1. The first kappa shape index (κ1) is 20.5. The Balaban J connectivity index is 1.61. The summed E-state index contributed by atoms with van der Waals surface area (Å²) in [7, 11) is 0. The molecule has 6 heteroatoms. The van der Waals surface area contributed by atoms with Gasteiger partial charge in [0, 0.05) is 25.2 Å². The summed E-state index contributed by atoms with van der Waals surface area (Å²) in [4.78, 5) is 30.1. The summed E-state index contributed by atoms with van der Waals surface area (Å²) in [5, 5.41) is 0. The summed E-state index contributed by atoms with van der Waals surface area (Å²) in [5.41, 5.74) is 2.49. The van der Waals surface area contributed by atoms with Crippen LogP contribution >= 0.6 is 0 Å². The van der Waals surface area contributed by atoms with Crippen LogP contribution in [0.3, 0.4) is 0 Å². The Morgan fingerprint density at radius 3 is 2.53 bits per heavy atom. The minimum atomic E-state index is -0.439. The van der Waals surface area contributed by atoms with E-state index in [0.717, 1.165) is 17.5 Å². The third kappa shape index (κ3) is 4.38. The number of hydrogen-bond donors (Lipinski definition) is 0. The molecule has 2 fully saturated rings. The van der Waals surface area contributed by atoms with Gasteiger partial charge in [0.05, 0.1) is 25.2 Å². The molecule has 158 valence electrons. The van der Waals surface area contributed by atoms with E-state index in [9.17, 15) is 14.0 Å². The molecular weight excluding hydrogens is 383 g/mol. The van der Waals surface area contributed by atoms with E-state index in [0.29, 0.717) is 44.8 Å². The number of rotatable bonds is 3. The summed E-state index contributed by atoms with van der Waals surface area (Å²) in [6.45, 7) is 4.65. The molecule has 2 saturated heterocycles. The van der Waals surface area contributed by atoms with Crippen molar-refractivity contribution in [3.63, 3.8) is 0 Å². The van der Waals surface area contributed by atoms with Crippen molar-refractivity contribution < 1.29 is 18.7 Å². The van der Waals surface area contributed by atoms with Crippen molar-refractivity contribution in [2.45, 2.75) is 25.8 Å². The van der Waals surface area contributed by atoms with Gasteiger partial charge < -0.3 is 14.5 Å². The lowest BCUT2D eigenvalue weighted by atomic mass is 9.87. The molecule has 0 aromatic heterocycles. The monoisotopic (exact) mass is 410 g/mol. The number of morpholine rings is 1. The summed E-state index contributed by atoms with van der Waals surface area (Å²) < 4.78 is 19.1. The van der Waals surface area contributed by atoms with Crippen molar-refractivity contribution >= 4 is 11.8 Å². The molecule has 2 aromatic rings. The molecule has 2 aliphatic heterocycles. The number of halogens is 1. The third-order valence-corrected chi connectivity index (χ3v) is 6.01. The Morgan fingerprint density at radius 2 is 1.80 bits per heavy atom. The largest absolute Gasteiger partial charge is 0.378 e. The van der Waals surface area contributed by atoms with Gasteiger partial charge in [0.2, 0.25) is 5.91 Å². The van der Waals surface area contributed by atoms with Crippen LogP contribution in [0, 0.1) is 18.7 Å². The molecule has 0 radical (unpaired) electrons. The molecule has 2 atom stereocenters. The normalized spacial score (nSPS) is 22.1. The molecular formula is C24H27FN2O3. The van der Waals surface area contributed by atoms with E-state index in [-0.39, 0.29) is 23.8 Å². The fourth-order valence-electron chi connectivity index (χ4n) is 4.45. The Labute approximate surface area is 176 Å². The van der Waals surface area contributed by atoms with Crippen LogP contribution in [0.25, 0.3) is 0 Å². The number of likely N-dealkylation sites (tertiary alicyclic amines) is 1. The number of amides is 2. The van der Waals surface area contributed by atoms with Crippen LogP contribution in [0.15, 0.2) is 48.5 Å². The van der Waals surface area contributed by atoms with Crippen molar-refractivity contribution in [1.29, 1.82) is 0 Å².